The fourth-order valence-corrected chi connectivity index (χ4v) is 2.97. The third-order valence-electron chi connectivity index (χ3n) is 3.88. The van der Waals surface area contributed by atoms with E-state index < -0.39 is 4.92 Å². The molecule has 2 bridgehead atoms. The highest BCUT2D eigenvalue weighted by Crippen LogP contribution is 2.30. The third kappa shape index (κ3) is 2.41. The van der Waals surface area contributed by atoms with Gasteiger partial charge in [-0.25, -0.2) is 0 Å². The molecule has 0 radical (unpaired) electrons. The lowest BCUT2D eigenvalue weighted by molar-refractivity contribution is -0.384. The van der Waals surface area contributed by atoms with Crippen LogP contribution in [0.4, 0.5) is 11.4 Å². The van der Waals surface area contributed by atoms with E-state index in [0.29, 0.717) is 18.8 Å². The van der Waals surface area contributed by atoms with Crippen molar-refractivity contribution in [2.24, 2.45) is 0 Å². The molecule has 0 spiro atoms. The van der Waals surface area contributed by atoms with Gasteiger partial charge in [0.1, 0.15) is 5.69 Å². The second kappa shape index (κ2) is 4.79. The molecule has 2 unspecified atom stereocenters. The van der Waals surface area contributed by atoms with Gasteiger partial charge in [0.2, 0.25) is 0 Å². The predicted octanol–water partition coefficient (Wildman–Crippen LogP) is 1.54. The van der Waals surface area contributed by atoms with Crippen LogP contribution in [0.3, 0.4) is 0 Å². The first kappa shape index (κ1) is 12.4. The molecule has 2 aliphatic rings. The highest BCUT2D eigenvalue weighted by molar-refractivity contribution is 5.62. The molecule has 2 N–H and O–H groups in total. The molecular formula is C13H17N3O3. The van der Waals surface area contributed by atoms with Crippen LogP contribution < -0.4 is 5.73 Å². The van der Waals surface area contributed by atoms with Crippen molar-refractivity contribution >= 4 is 11.4 Å². The van der Waals surface area contributed by atoms with Gasteiger partial charge in [0.05, 0.1) is 17.1 Å². The molecule has 1 aromatic rings. The summed E-state index contributed by atoms with van der Waals surface area (Å²) >= 11 is 0. The van der Waals surface area contributed by atoms with Crippen molar-refractivity contribution in [3.8, 4) is 0 Å². The van der Waals surface area contributed by atoms with Crippen molar-refractivity contribution in [2.75, 3.05) is 18.8 Å². The van der Waals surface area contributed by atoms with Gasteiger partial charge in [-0.05, 0) is 18.4 Å². The number of hydrogen-bond acceptors (Lipinski definition) is 5. The van der Waals surface area contributed by atoms with Crippen LogP contribution in [0.1, 0.15) is 18.4 Å². The zero-order valence-electron chi connectivity index (χ0n) is 10.6. The van der Waals surface area contributed by atoms with Gasteiger partial charge >= 0.3 is 0 Å². The van der Waals surface area contributed by atoms with Crippen LogP contribution in [0.5, 0.6) is 0 Å². The summed E-state index contributed by atoms with van der Waals surface area (Å²) in [5.74, 6) is 0. The number of nitrogen functional groups attached to an aromatic ring is 1. The number of para-hydroxylation sites is 1. The first-order chi connectivity index (χ1) is 9.13. The molecule has 19 heavy (non-hydrogen) atoms. The Kier molecular flexibility index (Phi) is 3.12. The Labute approximate surface area is 111 Å². The van der Waals surface area contributed by atoms with Gasteiger partial charge in [-0.2, -0.15) is 0 Å². The number of hydrogen-bond donors (Lipinski definition) is 1. The molecule has 0 saturated carbocycles. The van der Waals surface area contributed by atoms with Crippen LogP contribution in [0.15, 0.2) is 18.2 Å². The standard InChI is InChI=1S/C13H17N3O3/c14-13-9(2-1-3-12(13)16(17)18)6-15-7-10-4-5-11(8-15)19-10/h1-3,10-11H,4-8,14H2. The number of fused-ring (bicyclic) bond motifs is 2. The molecule has 2 aliphatic heterocycles. The minimum Gasteiger partial charge on any atom is -0.393 e. The number of likely N-dealkylation sites (tertiary alicyclic amines) is 1. The maximum absolute atomic E-state index is 10.9. The minimum atomic E-state index is -0.429. The maximum atomic E-state index is 10.9. The monoisotopic (exact) mass is 263 g/mol. The van der Waals surface area contributed by atoms with Crippen LogP contribution >= 0.6 is 0 Å². The molecule has 0 aromatic heterocycles. The van der Waals surface area contributed by atoms with E-state index in [9.17, 15) is 10.1 Å². The number of nitro groups is 1. The summed E-state index contributed by atoms with van der Waals surface area (Å²) in [5.41, 5.74) is 6.99. The molecule has 2 heterocycles. The topological polar surface area (TPSA) is 81.6 Å². The van der Waals surface area contributed by atoms with E-state index in [-0.39, 0.29) is 11.4 Å². The van der Waals surface area contributed by atoms with E-state index in [1.807, 2.05) is 6.07 Å². The number of morpholine rings is 1. The Morgan fingerprint density at radius 1 is 1.37 bits per heavy atom. The first-order valence-corrected chi connectivity index (χ1v) is 6.53. The summed E-state index contributed by atoms with van der Waals surface area (Å²) in [6.45, 7) is 2.43. The summed E-state index contributed by atoms with van der Waals surface area (Å²) in [6, 6.07) is 5.00. The summed E-state index contributed by atoms with van der Waals surface area (Å²) in [4.78, 5) is 12.7. The van der Waals surface area contributed by atoms with E-state index in [4.69, 9.17) is 10.5 Å². The summed E-state index contributed by atoms with van der Waals surface area (Å²) in [5, 5.41) is 10.9. The second-order valence-corrected chi connectivity index (χ2v) is 5.26. The summed E-state index contributed by atoms with van der Waals surface area (Å²) in [7, 11) is 0. The van der Waals surface area contributed by atoms with E-state index in [1.54, 1.807) is 6.07 Å². The molecule has 6 heteroatoms. The number of nitrogens with zero attached hydrogens (tertiary/aromatic N) is 2. The average molecular weight is 263 g/mol. The predicted molar refractivity (Wildman–Crippen MR) is 70.7 cm³/mol. The Balaban J connectivity index is 1.76. The molecule has 102 valence electrons. The van der Waals surface area contributed by atoms with Crippen LogP contribution in [-0.2, 0) is 11.3 Å². The van der Waals surface area contributed by atoms with E-state index in [1.165, 1.54) is 6.07 Å². The van der Waals surface area contributed by atoms with Gasteiger partial charge in [0.25, 0.3) is 5.69 Å². The number of ether oxygens (including phenoxy) is 1. The molecule has 2 fully saturated rings. The number of anilines is 1. The van der Waals surface area contributed by atoms with E-state index in [2.05, 4.69) is 4.90 Å². The third-order valence-corrected chi connectivity index (χ3v) is 3.88. The van der Waals surface area contributed by atoms with Crippen LogP contribution in [0, 0.1) is 10.1 Å². The van der Waals surface area contributed by atoms with E-state index in [0.717, 1.165) is 31.5 Å². The van der Waals surface area contributed by atoms with Crippen molar-refractivity contribution in [3.05, 3.63) is 33.9 Å². The Morgan fingerprint density at radius 2 is 2.05 bits per heavy atom. The minimum absolute atomic E-state index is 0.00580. The van der Waals surface area contributed by atoms with Crippen LogP contribution in [-0.4, -0.2) is 35.1 Å². The molecular weight excluding hydrogens is 246 g/mol. The normalized spacial score (nSPS) is 26.5. The van der Waals surface area contributed by atoms with Gasteiger partial charge in [-0.1, -0.05) is 12.1 Å². The van der Waals surface area contributed by atoms with Crippen molar-refractivity contribution in [3.63, 3.8) is 0 Å². The van der Waals surface area contributed by atoms with Crippen molar-refractivity contribution < 1.29 is 9.66 Å². The van der Waals surface area contributed by atoms with Gasteiger partial charge in [0.15, 0.2) is 0 Å². The average Bonchev–Trinajstić information content (AvgIpc) is 2.71. The largest absolute Gasteiger partial charge is 0.393 e. The van der Waals surface area contributed by atoms with Crippen LogP contribution in [0.2, 0.25) is 0 Å². The molecule has 0 aliphatic carbocycles. The zero-order valence-corrected chi connectivity index (χ0v) is 10.6. The first-order valence-electron chi connectivity index (χ1n) is 6.53. The Bertz CT molecular complexity index is 494. The number of nitrogens with two attached hydrogens (primary N) is 1. The number of nitro benzene ring substituents is 1. The maximum Gasteiger partial charge on any atom is 0.292 e. The van der Waals surface area contributed by atoms with Crippen LogP contribution in [0.25, 0.3) is 0 Å². The molecule has 2 atom stereocenters. The van der Waals surface area contributed by atoms with Crippen molar-refractivity contribution in [1.82, 2.24) is 4.90 Å². The van der Waals surface area contributed by atoms with Gasteiger partial charge < -0.3 is 10.5 Å². The van der Waals surface area contributed by atoms with E-state index >= 15 is 0 Å². The molecule has 1 aromatic carbocycles. The van der Waals surface area contributed by atoms with Gasteiger partial charge in [0, 0.05) is 25.7 Å². The van der Waals surface area contributed by atoms with Gasteiger partial charge in [-0.3, -0.25) is 15.0 Å². The lowest BCUT2D eigenvalue weighted by Gasteiger charge is -2.32. The molecule has 6 nitrogen and oxygen atoms in total. The highest BCUT2D eigenvalue weighted by atomic mass is 16.6. The van der Waals surface area contributed by atoms with Crippen molar-refractivity contribution in [1.29, 1.82) is 0 Å². The van der Waals surface area contributed by atoms with Crippen molar-refractivity contribution in [2.45, 2.75) is 31.6 Å². The molecule has 2 saturated heterocycles. The second-order valence-electron chi connectivity index (χ2n) is 5.26. The fourth-order valence-electron chi connectivity index (χ4n) is 2.97. The number of benzene rings is 1. The Hall–Kier alpha value is -1.66. The fraction of sp³-hybridized carbons (Fsp3) is 0.538. The highest BCUT2D eigenvalue weighted by Gasteiger charge is 2.33. The summed E-state index contributed by atoms with van der Waals surface area (Å²) < 4.78 is 5.78. The quantitative estimate of drug-likeness (QED) is 0.508. The SMILES string of the molecule is Nc1c(CN2CC3CCC(C2)O3)cccc1[N+](=O)[O-]. The van der Waals surface area contributed by atoms with Gasteiger partial charge in [-0.15, -0.1) is 0 Å². The Morgan fingerprint density at radius 3 is 2.68 bits per heavy atom. The summed E-state index contributed by atoms with van der Waals surface area (Å²) in [6.07, 6.45) is 2.87. The lowest BCUT2D eigenvalue weighted by atomic mass is 10.1. The zero-order chi connectivity index (χ0) is 13.4. The number of rotatable bonds is 3. The lowest BCUT2D eigenvalue weighted by Crippen LogP contribution is -2.42. The molecule has 0 amide bonds. The smallest absolute Gasteiger partial charge is 0.292 e. The molecule has 3 rings (SSSR count).